The molecule has 1 N–H and O–H groups in total. The number of halogens is 2. The molecule has 0 fully saturated rings. The van der Waals surface area contributed by atoms with E-state index in [9.17, 15) is 14.0 Å². The van der Waals surface area contributed by atoms with Crippen LogP contribution in [0.1, 0.15) is 20.7 Å². The first-order valence-electron chi connectivity index (χ1n) is 7.96. The van der Waals surface area contributed by atoms with E-state index in [1.165, 1.54) is 42.2 Å². The van der Waals surface area contributed by atoms with Crippen molar-refractivity contribution in [1.82, 2.24) is 4.98 Å². The monoisotopic (exact) mass is 400 g/mol. The zero-order valence-corrected chi connectivity index (χ0v) is 15.6. The van der Waals surface area contributed by atoms with E-state index in [0.717, 1.165) is 0 Å². The number of nitrogens with one attached hydrogen (secondary N) is 1. The van der Waals surface area contributed by atoms with Crippen molar-refractivity contribution in [1.29, 1.82) is 0 Å². The van der Waals surface area contributed by atoms with Gasteiger partial charge >= 0.3 is 0 Å². The van der Waals surface area contributed by atoms with Crippen molar-refractivity contribution in [3.63, 3.8) is 0 Å². The van der Waals surface area contributed by atoms with Gasteiger partial charge in [0.1, 0.15) is 5.82 Å². The molecular weight excluding hydrogens is 387 g/mol. The van der Waals surface area contributed by atoms with E-state index in [1.54, 1.807) is 36.4 Å². The molecule has 3 aromatic rings. The maximum absolute atomic E-state index is 12.9. The molecule has 3 rings (SSSR count). The van der Waals surface area contributed by atoms with Gasteiger partial charge < -0.3 is 5.32 Å². The molecule has 4 nitrogen and oxygen atoms in total. The summed E-state index contributed by atoms with van der Waals surface area (Å²) in [6.07, 6.45) is 1.44. The minimum Gasteiger partial charge on any atom is -0.322 e. The van der Waals surface area contributed by atoms with Crippen molar-refractivity contribution in [2.75, 3.05) is 11.1 Å². The molecule has 7 heteroatoms. The number of carbonyl (C=O) groups is 2. The number of Topliss-reactive ketones (excluding diaryl/α,β-unsaturated/α-hetero) is 1. The molecule has 0 aliphatic carbocycles. The standard InChI is InChI=1S/C20H14ClFN2O2S/c21-15-3-1-2-13(10-15)18(25)12-27-19-9-4-14(11-23-19)20(26)24-17-7-5-16(22)6-8-17/h1-11H,12H2,(H,24,26). The van der Waals surface area contributed by atoms with E-state index in [-0.39, 0.29) is 23.3 Å². The lowest BCUT2D eigenvalue weighted by atomic mass is 10.1. The third-order valence-corrected chi connectivity index (χ3v) is 4.78. The van der Waals surface area contributed by atoms with Crippen molar-refractivity contribution in [2.45, 2.75) is 5.03 Å². The first-order chi connectivity index (χ1) is 13.0. The Labute approximate surface area is 164 Å². The Kier molecular flexibility index (Phi) is 6.21. The molecule has 1 aromatic heterocycles. The van der Waals surface area contributed by atoms with E-state index < -0.39 is 0 Å². The number of hydrogen-bond acceptors (Lipinski definition) is 4. The highest BCUT2D eigenvalue weighted by atomic mass is 35.5. The molecule has 0 radical (unpaired) electrons. The molecule has 0 atom stereocenters. The molecule has 0 spiro atoms. The zero-order valence-electron chi connectivity index (χ0n) is 14.0. The van der Waals surface area contributed by atoms with Crippen LogP contribution in [-0.2, 0) is 0 Å². The highest BCUT2D eigenvalue weighted by molar-refractivity contribution is 7.99. The summed E-state index contributed by atoms with van der Waals surface area (Å²) in [5, 5.41) is 3.81. The number of carbonyl (C=O) groups excluding carboxylic acids is 2. The summed E-state index contributed by atoms with van der Waals surface area (Å²) in [5.74, 6) is -0.555. The lowest BCUT2D eigenvalue weighted by molar-refractivity contribution is 0.101. The van der Waals surface area contributed by atoms with Gasteiger partial charge in [0, 0.05) is 22.5 Å². The molecule has 1 heterocycles. The van der Waals surface area contributed by atoms with Crippen LogP contribution in [0.15, 0.2) is 71.9 Å². The number of ketones is 1. The van der Waals surface area contributed by atoms with Gasteiger partial charge in [0.05, 0.1) is 16.3 Å². The van der Waals surface area contributed by atoms with Crippen LogP contribution in [-0.4, -0.2) is 22.4 Å². The number of pyridine rings is 1. The average molecular weight is 401 g/mol. The van der Waals surface area contributed by atoms with E-state index in [4.69, 9.17) is 11.6 Å². The topological polar surface area (TPSA) is 59.1 Å². The van der Waals surface area contributed by atoms with Crippen LogP contribution in [0.2, 0.25) is 5.02 Å². The third kappa shape index (κ3) is 5.39. The lowest BCUT2D eigenvalue weighted by Crippen LogP contribution is -2.12. The number of hydrogen-bond donors (Lipinski definition) is 1. The zero-order chi connectivity index (χ0) is 19.2. The van der Waals surface area contributed by atoms with Crippen molar-refractivity contribution in [2.24, 2.45) is 0 Å². The highest BCUT2D eigenvalue weighted by Crippen LogP contribution is 2.19. The van der Waals surface area contributed by atoms with Gasteiger partial charge in [-0.25, -0.2) is 9.37 Å². The van der Waals surface area contributed by atoms with Gasteiger partial charge in [0.25, 0.3) is 5.91 Å². The van der Waals surface area contributed by atoms with Gasteiger partial charge in [-0.2, -0.15) is 0 Å². The van der Waals surface area contributed by atoms with Crippen LogP contribution < -0.4 is 5.32 Å². The summed E-state index contributed by atoms with van der Waals surface area (Å²) >= 11 is 7.17. The fraction of sp³-hybridized carbons (Fsp3) is 0.0500. The molecular formula is C20H14ClFN2O2S. The number of rotatable bonds is 6. The molecule has 1 amide bonds. The first-order valence-corrected chi connectivity index (χ1v) is 9.32. The number of nitrogens with zero attached hydrogens (tertiary/aromatic N) is 1. The summed E-state index contributed by atoms with van der Waals surface area (Å²) in [4.78, 5) is 28.6. The van der Waals surface area contributed by atoms with Crippen LogP contribution >= 0.6 is 23.4 Å². The number of thioether (sulfide) groups is 1. The maximum Gasteiger partial charge on any atom is 0.257 e. The Morgan fingerprint density at radius 3 is 2.48 bits per heavy atom. The van der Waals surface area contributed by atoms with Crippen molar-refractivity contribution < 1.29 is 14.0 Å². The van der Waals surface area contributed by atoms with E-state index in [1.807, 2.05) is 0 Å². The van der Waals surface area contributed by atoms with E-state index >= 15 is 0 Å². The van der Waals surface area contributed by atoms with Crippen LogP contribution in [0.3, 0.4) is 0 Å². The Hall–Kier alpha value is -2.70. The fourth-order valence-electron chi connectivity index (χ4n) is 2.22. The second-order valence-electron chi connectivity index (χ2n) is 5.57. The summed E-state index contributed by atoms with van der Waals surface area (Å²) in [6, 6.07) is 15.6. The molecule has 0 saturated carbocycles. The Morgan fingerprint density at radius 1 is 1.04 bits per heavy atom. The van der Waals surface area contributed by atoms with Crippen LogP contribution in [0.5, 0.6) is 0 Å². The van der Waals surface area contributed by atoms with Crippen LogP contribution in [0, 0.1) is 5.82 Å². The summed E-state index contributed by atoms with van der Waals surface area (Å²) in [6.45, 7) is 0. The van der Waals surface area contributed by atoms with Gasteiger partial charge in [0.15, 0.2) is 5.78 Å². The molecule has 0 aliphatic heterocycles. The normalized spacial score (nSPS) is 10.4. The highest BCUT2D eigenvalue weighted by Gasteiger charge is 2.10. The summed E-state index contributed by atoms with van der Waals surface area (Å²) < 4.78 is 12.9. The molecule has 136 valence electrons. The van der Waals surface area contributed by atoms with Gasteiger partial charge in [-0.05, 0) is 48.5 Å². The molecule has 0 unspecified atom stereocenters. The van der Waals surface area contributed by atoms with Crippen LogP contribution in [0.4, 0.5) is 10.1 Å². The van der Waals surface area contributed by atoms with Gasteiger partial charge in [0.2, 0.25) is 0 Å². The Balaban J connectivity index is 1.57. The predicted octanol–water partition coefficient (Wildman–Crippen LogP) is 5.10. The van der Waals surface area contributed by atoms with E-state index in [2.05, 4.69) is 10.3 Å². The minimum absolute atomic E-state index is 0.0533. The van der Waals surface area contributed by atoms with Crippen molar-refractivity contribution in [3.8, 4) is 0 Å². The Morgan fingerprint density at radius 2 is 1.81 bits per heavy atom. The lowest BCUT2D eigenvalue weighted by Gasteiger charge is -2.06. The van der Waals surface area contributed by atoms with Gasteiger partial charge in [-0.1, -0.05) is 35.5 Å². The summed E-state index contributed by atoms with van der Waals surface area (Å²) in [7, 11) is 0. The second-order valence-corrected chi connectivity index (χ2v) is 7.00. The molecule has 0 aliphatic rings. The largest absolute Gasteiger partial charge is 0.322 e. The van der Waals surface area contributed by atoms with Crippen molar-refractivity contribution in [3.05, 3.63) is 88.8 Å². The number of amides is 1. The summed E-state index contributed by atoms with van der Waals surface area (Å²) in [5.41, 5.74) is 1.40. The molecule has 27 heavy (non-hydrogen) atoms. The number of anilines is 1. The number of aromatic nitrogens is 1. The molecule has 0 saturated heterocycles. The first kappa shape index (κ1) is 19.1. The predicted molar refractivity (Wildman–Crippen MR) is 105 cm³/mol. The maximum atomic E-state index is 12.9. The average Bonchev–Trinajstić information content (AvgIpc) is 2.68. The third-order valence-electron chi connectivity index (χ3n) is 3.60. The smallest absolute Gasteiger partial charge is 0.257 e. The Bertz CT molecular complexity index is 962. The van der Waals surface area contributed by atoms with Crippen LogP contribution in [0.25, 0.3) is 0 Å². The van der Waals surface area contributed by atoms with Gasteiger partial charge in [-0.15, -0.1) is 0 Å². The number of benzene rings is 2. The SMILES string of the molecule is O=C(CSc1ccc(C(=O)Nc2ccc(F)cc2)cn1)c1cccc(Cl)c1. The second kappa shape index (κ2) is 8.79. The quantitative estimate of drug-likeness (QED) is 0.462. The molecule has 0 bridgehead atoms. The van der Waals surface area contributed by atoms with Crippen molar-refractivity contribution >= 4 is 40.7 Å². The van der Waals surface area contributed by atoms with E-state index in [0.29, 0.717) is 26.9 Å². The van der Waals surface area contributed by atoms with Gasteiger partial charge in [-0.3, -0.25) is 9.59 Å². The fourth-order valence-corrected chi connectivity index (χ4v) is 3.15. The molecule has 2 aromatic carbocycles. The minimum atomic E-state index is -0.372.